The van der Waals surface area contributed by atoms with Gasteiger partial charge in [-0.25, -0.2) is 9.79 Å². The molecule has 1 atom stereocenters. The second-order valence-corrected chi connectivity index (χ2v) is 7.74. The van der Waals surface area contributed by atoms with Crippen LogP contribution in [0.4, 0.5) is 5.82 Å². The van der Waals surface area contributed by atoms with Gasteiger partial charge in [0.2, 0.25) is 0 Å². The number of aromatic amines is 1. The minimum Gasteiger partial charge on any atom is -0.507 e. The van der Waals surface area contributed by atoms with Crippen LogP contribution in [-0.2, 0) is 7.05 Å². The molecule has 1 unspecified atom stereocenters. The van der Waals surface area contributed by atoms with Crippen LogP contribution in [0.2, 0.25) is 5.02 Å². The fraction of sp³-hybridized carbons (Fsp3) is 0.136. The molecule has 29 heavy (non-hydrogen) atoms. The molecule has 0 bridgehead atoms. The third kappa shape index (κ3) is 2.39. The predicted octanol–water partition coefficient (Wildman–Crippen LogP) is 1.67. The van der Waals surface area contributed by atoms with Gasteiger partial charge in [-0.1, -0.05) is 41.9 Å². The van der Waals surface area contributed by atoms with Crippen molar-refractivity contribution in [2.24, 2.45) is 7.05 Å². The maximum Gasteiger partial charge on any atom is 0.415 e. The Morgan fingerprint density at radius 2 is 1.86 bits per heavy atom. The molecule has 2 aliphatic rings. The number of H-pyrrole nitrogens is 1. The van der Waals surface area contributed by atoms with Gasteiger partial charge in [-0.3, -0.25) is 9.78 Å². The van der Waals surface area contributed by atoms with Crippen LogP contribution in [0.15, 0.2) is 57.6 Å². The third-order valence-corrected chi connectivity index (χ3v) is 6.09. The van der Waals surface area contributed by atoms with E-state index in [1.807, 2.05) is 49.4 Å². The molecule has 1 aromatic heterocycles. The highest BCUT2D eigenvalue weighted by molar-refractivity contribution is 6.31. The van der Waals surface area contributed by atoms with E-state index in [1.165, 1.54) is 4.57 Å². The average Bonchev–Trinajstić information content (AvgIpc) is 2.99. The quantitative estimate of drug-likeness (QED) is 0.574. The molecule has 144 valence electrons. The fourth-order valence-electron chi connectivity index (χ4n) is 4.17. The molecule has 3 N–H and O–H groups in total. The normalized spacial score (nSPS) is 16.9. The lowest BCUT2D eigenvalue weighted by atomic mass is 9.81. The minimum atomic E-state index is -0.581. The molecule has 3 aromatic rings. The number of aromatic nitrogens is 2. The number of nitrogens with one attached hydrogen (secondary N) is 2. The molecule has 6 nitrogen and oxygen atoms in total. The molecular formula is C22H17ClN3O3+. The number of aryl methyl sites for hydroxylation is 1. The zero-order valence-corrected chi connectivity index (χ0v) is 16.5. The predicted molar refractivity (Wildman–Crippen MR) is 111 cm³/mol. The van der Waals surface area contributed by atoms with E-state index in [-0.39, 0.29) is 5.76 Å². The van der Waals surface area contributed by atoms with Gasteiger partial charge in [0.15, 0.2) is 0 Å². The van der Waals surface area contributed by atoms with E-state index in [9.17, 15) is 14.7 Å². The first-order valence-electron chi connectivity index (χ1n) is 9.15. The molecule has 2 heterocycles. The Morgan fingerprint density at radius 1 is 1.14 bits per heavy atom. The highest BCUT2D eigenvalue weighted by Crippen LogP contribution is 2.43. The van der Waals surface area contributed by atoms with Crippen molar-refractivity contribution in [3.63, 3.8) is 0 Å². The molecule has 5 rings (SSSR count). The van der Waals surface area contributed by atoms with Crippen LogP contribution >= 0.6 is 11.6 Å². The molecule has 0 spiro atoms. The number of aliphatic hydroxyl groups is 1. The number of hydrogen-bond acceptors (Lipinski definition) is 3. The number of nitrogens with zero attached hydrogens (tertiary/aromatic N) is 1. The number of halogens is 1. The summed E-state index contributed by atoms with van der Waals surface area (Å²) >= 11 is 6.38. The Kier molecular flexibility index (Phi) is 3.70. The zero-order valence-electron chi connectivity index (χ0n) is 15.7. The summed E-state index contributed by atoms with van der Waals surface area (Å²) in [7, 11) is 1.60. The largest absolute Gasteiger partial charge is 0.507 e. The topological polar surface area (TPSA) is 89.1 Å². The van der Waals surface area contributed by atoms with Crippen LogP contribution in [0.3, 0.4) is 0 Å². The maximum absolute atomic E-state index is 12.9. The number of fused-ring (bicyclic) bond motifs is 4. The summed E-state index contributed by atoms with van der Waals surface area (Å²) in [6.07, 6.45) is 0. The summed E-state index contributed by atoms with van der Waals surface area (Å²) in [5.41, 5.74) is 3.83. The SMILES string of the molecule is Cc1ccc(C2C3=C(O)c4ccccc4C3=[NH+]c3c2c(=O)[nH]c(=O)n3C)cc1Cl. The Morgan fingerprint density at radius 3 is 2.59 bits per heavy atom. The summed E-state index contributed by atoms with van der Waals surface area (Å²) in [4.78, 5) is 30.7. The van der Waals surface area contributed by atoms with Gasteiger partial charge in [0.1, 0.15) is 17.0 Å². The van der Waals surface area contributed by atoms with Crippen LogP contribution in [0.1, 0.15) is 33.7 Å². The van der Waals surface area contributed by atoms with Gasteiger partial charge in [0.25, 0.3) is 11.4 Å². The lowest BCUT2D eigenvalue weighted by Gasteiger charge is -2.23. The third-order valence-electron chi connectivity index (χ3n) is 5.69. The summed E-state index contributed by atoms with van der Waals surface area (Å²) in [6, 6.07) is 13.0. The molecule has 0 amide bonds. The molecule has 0 saturated heterocycles. The number of rotatable bonds is 1. The smallest absolute Gasteiger partial charge is 0.415 e. The van der Waals surface area contributed by atoms with E-state index < -0.39 is 17.2 Å². The fourth-order valence-corrected chi connectivity index (χ4v) is 4.36. The summed E-state index contributed by atoms with van der Waals surface area (Å²) < 4.78 is 1.38. The van der Waals surface area contributed by atoms with E-state index in [0.717, 1.165) is 16.7 Å². The van der Waals surface area contributed by atoms with Gasteiger partial charge in [0.05, 0.1) is 18.5 Å². The number of benzene rings is 2. The summed E-state index contributed by atoms with van der Waals surface area (Å²) in [5, 5.41) is 11.6. The maximum atomic E-state index is 12.9. The highest BCUT2D eigenvalue weighted by Gasteiger charge is 2.43. The monoisotopic (exact) mass is 406 g/mol. The van der Waals surface area contributed by atoms with Gasteiger partial charge in [-0.05, 0) is 30.2 Å². The summed E-state index contributed by atoms with van der Waals surface area (Å²) in [5.74, 6) is -0.0605. The Bertz CT molecular complexity index is 1400. The molecular weight excluding hydrogens is 390 g/mol. The van der Waals surface area contributed by atoms with Gasteiger partial charge in [-0.2, -0.15) is 4.57 Å². The van der Waals surface area contributed by atoms with Crippen LogP contribution in [0.25, 0.3) is 5.76 Å². The van der Waals surface area contributed by atoms with Crippen molar-refractivity contribution >= 4 is 28.9 Å². The standard InChI is InChI=1S/C22H16ClN3O3/c1-10-7-8-11(9-14(10)23)15-16-18(12-5-3-4-6-13(12)19(16)27)24-20-17(15)21(28)25-22(29)26(20)2/h3-9,15,27H,1-2H3,(H,25,28,29)/p+1. The second-order valence-electron chi connectivity index (χ2n) is 7.33. The van der Waals surface area contributed by atoms with Gasteiger partial charge < -0.3 is 5.11 Å². The van der Waals surface area contributed by atoms with Crippen LogP contribution in [0, 0.1) is 6.92 Å². The molecule has 2 aromatic carbocycles. The van der Waals surface area contributed by atoms with E-state index in [4.69, 9.17) is 11.6 Å². The average molecular weight is 407 g/mol. The minimum absolute atomic E-state index is 0.115. The molecule has 0 fully saturated rings. The van der Waals surface area contributed by atoms with Crippen molar-refractivity contribution in [3.8, 4) is 0 Å². The number of allylic oxidation sites excluding steroid dienone is 1. The van der Waals surface area contributed by atoms with Crippen molar-refractivity contribution in [1.29, 1.82) is 0 Å². The van der Waals surface area contributed by atoms with Crippen molar-refractivity contribution < 1.29 is 10.1 Å². The molecule has 0 radical (unpaired) electrons. The van der Waals surface area contributed by atoms with E-state index in [2.05, 4.69) is 9.98 Å². The molecule has 0 saturated carbocycles. The Labute approximate surface area is 170 Å². The number of aliphatic hydroxyl groups excluding tert-OH is 1. The zero-order chi connectivity index (χ0) is 20.4. The van der Waals surface area contributed by atoms with Crippen molar-refractivity contribution in [2.45, 2.75) is 12.8 Å². The molecule has 7 heteroatoms. The van der Waals surface area contributed by atoms with Gasteiger partial charge in [-0.15, -0.1) is 0 Å². The lowest BCUT2D eigenvalue weighted by molar-refractivity contribution is -0.363. The van der Waals surface area contributed by atoms with Crippen LogP contribution in [0.5, 0.6) is 0 Å². The van der Waals surface area contributed by atoms with E-state index in [0.29, 0.717) is 33.3 Å². The van der Waals surface area contributed by atoms with Crippen molar-refractivity contribution in [2.75, 3.05) is 0 Å². The van der Waals surface area contributed by atoms with Crippen molar-refractivity contribution in [1.82, 2.24) is 9.55 Å². The van der Waals surface area contributed by atoms with E-state index >= 15 is 0 Å². The first kappa shape index (κ1) is 17.7. The Balaban J connectivity index is 1.92. The first-order valence-corrected chi connectivity index (χ1v) is 9.52. The first-order chi connectivity index (χ1) is 13.9. The van der Waals surface area contributed by atoms with Gasteiger partial charge in [0, 0.05) is 16.1 Å². The highest BCUT2D eigenvalue weighted by atomic mass is 35.5. The number of hydrogen-bond donors (Lipinski definition) is 3. The van der Waals surface area contributed by atoms with Gasteiger partial charge >= 0.3 is 5.69 Å². The molecule has 1 aliphatic heterocycles. The second kappa shape index (κ2) is 6.06. The van der Waals surface area contributed by atoms with E-state index in [1.54, 1.807) is 7.05 Å². The lowest BCUT2D eigenvalue weighted by Crippen LogP contribution is -2.72. The van der Waals surface area contributed by atoms with Crippen molar-refractivity contribution in [3.05, 3.63) is 102 Å². The van der Waals surface area contributed by atoms with Crippen LogP contribution < -0.4 is 16.2 Å². The Hall–Kier alpha value is -3.38. The van der Waals surface area contributed by atoms with Crippen LogP contribution in [-0.4, -0.2) is 20.4 Å². The summed E-state index contributed by atoms with van der Waals surface area (Å²) in [6.45, 7) is 1.90. The molecule has 1 aliphatic carbocycles.